The van der Waals surface area contributed by atoms with E-state index in [2.05, 4.69) is 11.9 Å². The molecule has 0 aliphatic carbocycles. The van der Waals surface area contributed by atoms with Crippen molar-refractivity contribution in [1.29, 1.82) is 0 Å². The van der Waals surface area contributed by atoms with Crippen molar-refractivity contribution in [3.63, 3.8) is 0 Å². The molecule has 0 radical (unpaired) electrons. The normalized spacial score (nSPS) is 30.0. The van der Waals surface area contributed by atoms with Gasteiger partial charge in [0.15, 0.2) is 0 Å². The fraction of sp³-hybridized carbons (Fsp3) is 1.00. The summed E-state index contributed by atoms with van der Waals surface area (Å²) in [6.07, 6.45) is 1.13. The third kappa shape index (κ3) is 1.94. The van der Waals surface area contributed by atoms with Crippen LogP contribution in [-0.2, 0) is 4.74 Å². The van der Waals surface area contributed by atoms with Crippen molar-refractivity contribution in [1.82, 2.24) is 4.90 Å². The fourth-order valence-electron chi connectivity index (χ4n) is 1.19. The molecule has 2 N–H and O–H groups in total. The van der Waals surface area contributed by atoms with Gasteiger partial charge in [0, 0.05) is 25.7 Å². The van der Waals surface area contributed by atoms with E-state index in [1.165, 1.54) is 0 Å². The zero-order valence-electron chi connectivity index (χ0n) is 6.55. The quantitative estimate of drug-likeness (QED) is 0.547. The Balaban J connectivity index is 2.35. The van der Waals surface area contributed by atoms with Crippen LogP contribution >= 0.6 is 0 Å². The van der Waals surface area contributed by atoms with Crippen molar-refractivity contribution in [2.24, 2.45) is 5.73 Å². The number of nitrogens with zero attached hydrogens (tertiary/aromatic N) is 1. The van der Waals surface area contributed by atoms with Gasteiger partial charge in [0.1, 0.15) is 0 Å². The van der Waals surface area contributed by atoms with Crippen LogP contribution in [0, 0.1) is 0 Å². The lowest BCUT2D eigenvalue weighted by molar-refractivity contribution is 0.112. The van der Waals surface area contributed by atoms with E-state index in [4.69, 9.17) is 10.5 Å². The summed E-state index contributed by atoms with van der Waals surface area (Å²) in [5.41, 5.74) is 5.54. The molecule has 0 aromatic heterocycles. The average Bonchev–Trinajstić information content (AvgIpc) is 2.13. The summed E-state index contributed by atoms with van der Waals surface area (Å²) in [7, 11) is 2.10. The van der Waals surface area contributed by atoms with Crippen LogP contribution in [0.4, 0.5) is 0 Å². The first-order valence-electron chi connectivity index (χ1n) is 3.82. The third-order valence-electron chi connectivity index (χ3n) is 2.01. The molecule has 3 heteroatoms. The molecule has 1 heterocycles. The molecule has 0 aromatic rings. The molecule has 1 aliphatic heterocycles. The highest BCUT2D eigenvalue weighted by Crippen LogP contribution is 2.02. The molecule has 1 unspecified atom stereocenters. The van der Waals surface area contributed by atoms with Crippen LogP contribution in [-0.4, -0.2) is 44.3 Å². The maximum absolute atomic E-state index is 5.54. The number of likely N-dealkylation sites (N-methyl/N-ethyl adjacent to an activating group) is 1. The van der Waals surface area contributed by atoms with Crippen LogP contribution < -0.4 is 5.73 Å². The van der Waals surface area contributed by atoms with Crippen molar-refractivity contribution in [2.45, 2.75) is 12.5 Å². The Labute approximate surface area is 62.1 Å². The summed E-state index contributed by atoms with van der Waals surface area (Å²) < 4.78 is 5.35. The molecule has 10 heavy (non-hydrogen) atoms. The second-order valence-corrected chi connectivity index (χ2v) is 2.80. The molecular weight excluding hydrogens is 128 g/mol. The molecule has 0 aromatic carbocycles. The van der Waals surface area contributed by atoms with E-state index in [9.17, 15) is 0 Å². The smallest absolute Gasteiger partial charge is 0.0634 e. The number of nitrogens with two attached hydrogens (primary N) is 1. The fourth-order valence-corrected chi connectivity index (χ4v) is 1.19. The Morgan fingerprint density at radius 2 is 2.50 bits per heavy atom. The van der Waals surface area contributed by atoms with Crippen LogP contribution in [0.15, 0.2) is 0 Å². The highest BCUT2D eigenvalue weighted by molar-refractivity contribution is 4.71. The van der Waals surface area contributed by atoms with Gasteiger partial charge in [-0.25, -0.2) is 0 Å². The summed E-state index contributed by atoms with van der Waals surface area (Å²) in [5, 5.41) is 0. The van der Waals surface area contributed by atoms with Gasteiger partial charge in [-0.05, 0) is 13.5 Å². The molecule has 0 spiro atoms. The largest absolute Gasteiger partial charge is 0.380 e. The molecule has 60 valence electrons. The lowest BCUT2D eigenvalue weighted by Gasteiger charge is -2.22. The molecule has 3 nitrogen and oxygen atoms in total. The van der Waals surface area contributed by atoms with E-state index in [-0.39, 0.29) is 0 Å². The van der Waals surface area contributed by atoms with Crippen molar-refractivity contribution < 1.29 is 4.74 Å². The van der Waals surface area contributed by atoms with Gasteiger partial charge in [-0.1, -0.05) is 0 Å². The highest BCUT2D eigenvalue weighted by Gasteiger charge is 2.15. The first-order chi connectivity index (χ1) is 4.84. The second-order valence-electron chi connectivity index (χ2n) is 2.80. The van der Waals surface area contributed by atoms with Gasteiger partial charge in [-0.3, -0.25) is 4.90 Å². The van der Waals surface area contributed by atoms with E-state index in [1.807, 2.05) is 0 Å². The van der Waals surface area contributed by atoms with Gasteiger partial charge in [0.05, 0.1) is 6.61 Å². The average molecular weight is 144 g/mol. The topological polar surface area (TPSA) is 38.5 Å². The van der Waals surface area contributed by atoms with Crippen LogP contribution in [0.1, 0.15) is 6.42 Å². The van der Waals surface area contributed by atoms with Crippen molar-refractivity contribution >= 4 is 0 Å². The SMILES string of the molecule is CN1CCCOCC1CN. The second kappa shape index (κ2) is 3.91. The lowest BCUT2D eigenvalue weighted by Crippen LogP contribution is -2.39. The van der Waals surface area contributed by atoms with Crippen LogP contribution in [0.5, 0.6) is 0 Å². The summed E-state index contributed by atoms with van der Waals surface area (Å²) in [6, 6.07) is 0.433. The number of hydrogen-bond donors (Lipinski definition) is 1. The maximum atomic E-state index is 5.54. The van der Waals surface area contributed by atoms with E-state index in [1.54, 1.807) is 0 Å². The van der Waals surface area contributed by atoms with Gasteiger partial charge >= 0.3 is 0 Å². The molecular formula is C7H16N2O. The van der Waals surface area contributed by atoms with Gasteiger partial charge in [0.25, 0.3) is 0 Å². The third-order valence-corrected chi connectivity index (χ3v) is 2.01. The monoisotopic (exact) mass is 144 g/mol. The summed E-state index contributed by atoms with van der Waals surface area (Å²) in [6.45, 7) is 3.51. The summed E-state index contributed by atoms with van der Waals surface area (Å²) in [4.78, 5) is 2.27. The van der Waals surface area contributed by atoms with E-state index < -0.39 is 0 Å². The predicted octanol–water partition coefficient (Wildman–Crippen LogP) is -0.334. The first-order valence-corrected chi connectivity index (χ1v) is 3.82. The van der Waals surface area contributed by atoms with Gasteiger partial charge in [0.2, 0.25) is 0 Å². The van der Waals surface area contributed by atoms with Gasteiger partial charge in [-0.2, -0.15) is 0 Å². The highest BCUT2D eigenvalue weighted by atomic mass is 16.5. The summed E-state index contributed by atoms with van der Waals surface area (Å²) >= 11 is 0. The molecule has 1 fully saturated rings. The van der Waals surface area contributed by atoms with Crippen LogP contribution in [0.3, 0.4) is 0 Å². The first kappa shape index (κ1) is 7.98. The zero-order valence-corrected chi connectivity index (χ0v) is 6.55. The minimum absolute atomic E-state index is 0.433. The Kier molecular flexibility index (Phi) is 3.12. The van der Waals surface area contributed by atoms with E-state index in [0.29, 0.717) is 12.6 Å². The Morgan fingerprint density at radius 1 is 1.70 bits per heavy atom. The van der Waals surface area contributed by atoms with Gasteiger partial charge < -0.3 is 10.5 Å². The Morgan fingerprint density at radius 3 is 3.20 bits per heavy atom. The Hall–Kier alpha value is -0.120. The molecule has 1 rings (SSSR count). The van der Waals surface area contributed by atoms with Crippen molar-refractivity contribution in [2.75, 3.05) is 33.4 Å². The van der Waals surface area contributed by atoms with Crippen molar-refractivity contribution in [3.05, 3.63) is 0 Å². The van der Waals surface area contributed by atoms with E-state index in [0.717, 1.165) is 26.2 Å². The minimum Gasteiger partial charge on any atom is -0.380 e. The van der Waals surface area contributed by atoms with Crippen LogP contribution in [0.2, 0.25) is 0 Å². The molecule has 1 atom stereocenters. The van der Waals surface area contributed by atoms with E-state index >= 15 is 0 Å². The van der Waals surface area contributed by atoms with Crippen LogP contribution in [0.25, 0.3) is 0 Å². The van der Waals surface area contributed by atoms with Gasteiger partial charge in [-0.15, -0.1) is 0 Å². The number of rotatable bonds is 1. The molecule has 0 amide bonds. The number of hydrogen-bond acceptors (Lipinski definition) is 3. The maximum Gasteiger partial charge on any atom is 0.0634 e. The summed E-state index contributed by atoms with van der Waals surface area (Å²) in [5.74, 6) is 0. The molecule has 1 aliphatic rings. The predicted molar refractivity (Wildman–Crippen MR) is 40.9 cm³/mol. The minimum atomic E-state index is 0.433. The lowest BCUT2D eigenvalue weighted by atomic mass is 10.3. The molecule has 0 bridgehead atoms. The molecule has 0 saturated carbocycles. The standard InChI is InChI=1S/C7H16N2O/c1-9-3-2-4-10-6-7(9)5-8/h7H,2-6,8H2,1H3. The Bertz CT molecular complexity index is 97.6. The zero-order chi connectivity index (χ0) is 7.40. The molecule has 1 saturated heterocycles. The number of ether oxygens (including phenoxy) is 1. The van der Waals surface area contributed by atoms with Crippen molar-refractivity contribution in [3.8, 4) is 0 Å².